The van der Waals surface area contributed by atoms with Gasteiger partial charge in [-0.05, 0) is 76.4 Å². The Balaban J connectivity index is 1.83. The van der Waals surface area contributed by atoms with Crippen LogP contribution in [0.25, 0.3) is 0 Å². The van der Waals surface area contributed by atoms with Gasteiger partial charge in [0.2, 0.25) is 0 Å². The molecule has 0 radical (unpaired) electrons. The van der Waals surface area contributed by atoms with E-state index >= 15 is 0 Å². The second-order valence-corrected chi connectivity index (χ2v) is 6.31. The van der Waals surface area contributed by atoms with Crippen molar-refractivity contribution < 1.29 is 9.59 Å². The lowest BCUT2D eigenvalue weighted by Gasteiger charge is -2.22. The standard InChI is InChI=1S/C19H29N3O2/c1-3-22(4-2)19(24)17-9-7-16(8-10-17)18(23)21-13-11-15-6-5-12-20-14-15/h7-10,15,20H,3-6,11-14H2,1-2H3,(H,21,23). The molecule has 1 aliphatic rings. The van der Waals surface area contributed by atoms with E-state index < -0.39 is 0 Å². The number of carbonyl (C=O) groups excluding carboxylic acids is 2. The lowest BCUT2D eigenvalue weighted by molar-refractivity contribution is 0.0772. The van der Waals surface area contributed by atoms with Gasteiger partial charge < -0.3 is 15.5 Å². The van der Waals surface area contributed by atoms with Crippen LogP contribution in [0.15, 0.2) is 24.3 Å². The van der Waals surface area contributed by atoms with Gasteiger partial charge in [0, 0.05) is 30.8 Å². The molecular formula is C19H29N3O2. The van der Waals surface area contributed by atoms with Gasteiger partial charge in [0.1, 0.15) is 0 Å². The summed E-state index contributed by atoms with van der Waals surface area (Å²) >= 11 is 0. The van der Waals surface area contributed by atoms with Crippen molar-refractivity contribution in [2.24, 2.45) is 5.92 Å². The number of nitrogens with zero attached hydrogens (tertiary/aromatic N) is 1. The number of nitrogens with one attached hydrogen (secondary N) is 2. The minimum atomic E-state index is -0.0689. The van der Waals surface area contributed by atoms with Crippen LogP contribution in [0.3, 0.4) is 0 Å². The van der Waals surface area contributed by atoms with Gasteiger partial charge in [-0.3, -0.25) is 9.59 Å². The first kappa shape index (κ1) is 18.5. The monoisotopic (exact) mass is 331 g/mol. The normalized spacial score (nSPS) is 17.3. The highest BCUT2D eigenvalue weighted by molar-refractivity contribution is 5.97. The van der Waals surface area contributed by atoms with E-state index in [1.54, 1.807) is 29.2 Å². The molecule has 0 aliphatic carbocycles. The molecule has 5 heteroatoms. The number of hydrogen-bond donors (Lipinski definition) is 2. The number of benzene rings is 1. The average molecular weight is 331 g/mol. The highest BCUT2D eigenvalue weighted by atomic mass is 16.2. The minimum absolute atomic E-state index is 0.0109. The number of amides is 2. The van der Waals surface area contributed by atoms with Crippen molar-refractivity contribution in [2.45, 2.75) is 33.1 Å². The third-order valence-electron chi connectivity index (χ3n) is 4.68. The molecule has 5 nitrogen and oxygen atoms in total. The maximum Gasteiger partial charge on any atom is 0.253 e. The van der Waals surface area contributed by atoms with Crippen molar-refractivity contribution in [3.8, 4) is 0 Å². The highest BCUT2D eigenvalue weighted by Crippen LogP contribution is 2.13. The van der Waals surface area contributed by atoms with Crippen molar-refractivity contribution in [1.29, 1.82) is 0 Å². The summed E-state index contributed by atoms with van der Waals surface area (Å²) in [6.45, 7) is 8.17. The summed E-state index contributed by atoms with van der Waals surface area (Å²) in [5.41, 5.74) is 1.23. The summed E-state index contributed by atoms with van der Waals surface area (Å²) in [5, 5.41) is 6.37. The molecule has 0 saturated carbocycles. The Labute approximate surface area is 144 Å². The quantitative estimate of drug-likeness (QED) is 0.806. The van der Waals surface area contributed by atoms with Crippen LogP contribution in [-0.4, -0.2) is 49.4 Å². The van der Waals surface area contributed by atoms with Gasteiger partial charge in [-0.25, -0.2) is 0 Å². The van der Waals surface area contributed by atoms with E-state index in [1.165, 1.54) is 12.8 Å². The highest BCUT2D eigenvalue weighted by Gasteiger charge is 2.15. The van der Waals surface area contributed by atoms with Crippen LogP contribution < -0.4 is 10.6 Å². The SMILES string of the molecule is CCN(CC)C(=O)c1ccc(C(=O)NCCC2CCCNC2)cc1. The second kappa shape index (κ2) is 9.42. The zero-order valence-corrected chi connectivity index (χ0v) is 14.8. The summed E-state index contributed by atoms with van der Waals surface area (Å²) in [6, 6.07) is 6.93. The molecule has 1 aromatic rings. The lowest BCUT2D eigenvalue weighted by Crippen LogP contribution is -2.33. The second-order valence-electron chi connectivity index (χ2n) is 6.31. The van der Waals surface area contributed by atoms with E-state index in [4.69, 9.17) is 0 Å². The van der Waals surface area contributed by atoms with Crippen LogP contribution in [0.5, 0.6) is 0 Å². The first-order chi connectivity index (χ1) is 11.7. The zero-order chi connectivity index (χ0) is 17.4. The van der Waals surface area contributed by atoms with Crippen LogP contribution in [0, 0.1) is 5.92 Å². The molecule has 1 fully saturated rings. The van der Waals surface area contributed by atoms with Crippen LogP contribution in [0.2, 0.25) is 0 Å². The maximum atomic E-state index is 12.3. The molecule has 1 aromatic carbocycles. The van der Waals surface area contributed by atoms with E-state index in [1.807, 2.05) is 13.8 Å². The van der Waals surface area contributed by atoms with Crippen molar-refractivity contribution in [2.75, 3.05) is 32.7 Å². The Morgan fingerprint density at radius 1 is 1.17 bits per heavy atom. The number of rotatable bonds is 7. The smallest absolute Gasteiger partial charge is 0.253 e. The summed E-state index contributed by atoms with van der Waals surface area (Å²) in [5.74, 6) is 0.602. The fraction of sp³-hybridized carbons (Fsp3) is 0.579. The van der Waals surface area contributed by atoms with E-state index in [-0.39, 0.29) is 11.8 Å². The molecule has 0 spiro atoms. The fourth-order valence-corrected chi connectivity index (χ4v) is 3.12. The molecule has 1 heterocycles. The van der Waals surface area contributed by atoms with Crippen molar-refractivity contribution in [3.05, 3.63) is 35.4 Å². The number of carbonyl (C=O) groups is 2. The number of hydrogen-bond acceptors (Lipinski definition) is 3. The van der Waals surface area contributed by atoms with Gasteiger partial charge in [0.25, 0.3) is 11.8 Å². The Morgan fingerprint density at radius 3 is 2.42 bits per heavy atom. The molecule has 1 aliphatic heterocycles. The van der Waals surface area contributed by atoms with Gasteiger partial charge >= 0.3 is 0 Å². The van der Waals surface area contributed by atoms with Crippen LogP contribution >= 0.6 is 0 Å². The third kappa shape index (κ3) is 5.06. The van der Waals surface area contributed by atoms with Crippen LogP contribution in [0.4, 0.5) is 0 Å². The van der Waals surface area contributed by atoms with Crippen molar-refractivity contribution >= 4 is 11.8 Å². The molecule has 132 valence electrons. The summed E-state index contributed by atoms with van der Waals surface area (Å²) in [7, 11) is 0. The predicted octanol–water partition coefficient (Wildman–Crippen LogP) is 2.29. The largest absolute Gasteiger partial charge is 0.352 e. The van der Waals surface area contributed by atoms with Gasteiger partial charge in [-0.1, -0.05) is 0 Å². The topological polar surface area (TPSA) is 61.4 Å². The van der Waals surface area contributed by atoms with Crippen LogP contribution in [0.1, 0.15) is 53.8 Å². The third-order valence-corrected chi connectivity index (χ3v) is 4.68. The van der Waals surface area contributed by atoms with Gasteiger partial charge in [0.15, 0.2) is 0 Å². The van der Waals surface area contributed by atoms with Gasteiger partial charge in [-0.2, -0.15) is 0 Å². The molecule has 1 unspecified atom stereocenters. The first-order valence-corrected chi connectivity index (χ1v) is 9.04. The fourth-order valence-electron chi connectivity index (χ4n) is 3.12. The van der Waals surface area contributed by atoms with Gasteiger partial charge in [-0.15, -0.1) is 0 Å². The molecule has 24 heavy (non-hydrogen) atoms. The lowest BCUT2D eigenvalue weighted by atomic mass is 9.96. The minimum Gasteiger partial charge on any atom is -0.352 e. The summed E-state index contributed by atoms with van der Waals surface area (Å²) in [4.78, 5) is 26.2. The molecule has 2 N–H and O–H groups in total. The first-order valence-electron chi connectivity index (χ1n) is 9.04. The molecule has 0 aromatic heterocycles. The Kier molecular flexibility index (Phi) is 7.25. The number of piperidine rings is 1. The molecule has 2 amide bonds. The summed E-state index contributed by atoms with van der Waals surface area (Å²) in [6.07, 6.45) is 3.48. The Bertz CT molecular complexity index is 532. The molecular weight excluding hydrogens is 302 g/mol. The zero-order valence-electron chi connectivity index (χ0n) is 14.8. The van der Waals surface area contributed by atoms with E-state index in [2.05, 4.69) is 10.6 Å². The Morgan fingerprint density at radius 2 is 1.83 bits per heavy atom. The average Bonchev–Trinajstić information content (AvgIpc) is 2.63. The maximum absolute atomic E-state index is 12.3. The summed E-state index contributed by atoms with van der Waals surface area (Å²) < 4.78 is 0. The van der Waals surface area contributed by atoms with Crippen molar-refractivity contribution in [1.82, 2.24) is 15.5 Å². The molecule has 1 atom stereocenters. The Hall–Kier alpha value is -1.88. The van der Waals surface area contributed by atoms with Crippen LogP contribution in [-0.2, 0) is 0 Å². The van der Waals surface area contributed by atoms with E-state index in [9.17, 15) is 9.59 Å². The van der Waals surface area contributed by atoms with E-state index in [0.717, 1.165) is 19.5 Å². The van der Waals surface area contributed by atoms with Crippen molar-refractivity contribution in [3.63, 3.8) is 0 Å². The molecule has 0 bridgehead atoms. The van der Waals surface area contributed by atoms with E-state index in [0.29, 0.717) is 36.7 Å². The molecule has 1 saturated heterocycles. The van der Waals surface area contributed by atoms with Gasteiger partial charge in [0.05, 0.1) is 0 Å². The molecule has 2 rings (SSSR count). The predicted molar refractivity (Wildman–Crippen MR) is 96.2 cm³/mol.